The summed E-state index contributed by atoms with van der Waals surface area (Å²) in [6.45, 7) is -0.00274. The van der Waals surface area contributed by atoms with E-state index in [0.717, 1.165) is 26.7 Å². The van der Waals surface area contributed by atoms with Crippen molar-refractivity contribution in [3.8, 4) is 11.3 Å². The molecule has 0 saturated heterocycles. The molecule has 0 saturated carbocycles. The molecule has 3 heteroatoms. The van der Waals surface area contributed by atoms with Crippen molar-refractivity contribution in [3.05, 3.63) is 78.4 Å². The topological polar surface area (TPSA) is 33.1 Å². The van der Waals surface area contributed by atoms with Crippen LogP contribution in [-0.2, 0) is 6.61 Å². The Kier molecular flexibility index (Phi) is 4.34. The van der Waals surface area contributed by atoms with Crippen LogP contribution in [0.5, 0.6) is 0 Å². The van der Waals surface area contributed by atoms with Crippen molar-refractivity contribution in [2.24, 2.45) is 0 Å². The maximum absolute atomic E-state index is 9.50. The Labute approximate surface area is 128 Å². The lowest BCUT2D eigenvalue weighted by Crippen LogP contribution is -1.94. The van der Waals surface area contributed by atoms with Crippen LogP contribution in [0, 0.1) is 0 Å². The highest BCUT2D eigenvalue weighted by Gasteiger charge is 2.08. The van der Waals surface area contributed by atoms with Crippen LogP contribution in [0.3, 0.4) is 0 Å². The van der Waals surface area contributed by atoms with Crippen molar-refractivity contribution in [2.45, 2.75) is 16.5 Å². The standard InChI is InChI=1S/C18H15NOS/c20-13-15-11-12-17(14-7-3-1-4-8-14)19-18(15)21-16-9-5-2-6-10-16/h1-12,20H,13H2. The van der Waals surface area contributed by atoms with Gasteiger partial charge in [0.25, 0.3) is 0 Å². The second kappa shape index (κ2) is 6.57. The van der Waals surface area contributed by atoms with Crippen LogP contribution in [-0.4, -0.2) is 10.1 Å². The summed E-state index contributed by atoms with van der Waals surface area (Å²) in [6, 6.07) is 24.1. The number of rotatable bonds is 4. The van der Waals surface area contributed by atoms with Crippen LogP contribution in [0.25, 0.3) is 11.3 Å². The molecule has 0 spiro atoms. The minimum absolute atomic E-state index is 0.00274. The van der Waals surface area contributed by atoms with Crippen molar-refractivity contribution in [2.75, 3.05) is 0 Å². The molecule has 0 bridgehead atoms. The molecule has 0 aliphatic rings. The van der Waals surface area contributed by atoms with E-state index < -0.39 is 0 Å². The zero-order chi connectivity index (χ0) is 14.5. The third-order valence-electron chi connectivity index (χ3n) is 3.14. The quantitative estimate of drug-likeness (QED) is 0.774. The third-order valence-corrected chi connectivity index (χ3v) is 4.19. The lowest BCUT2D eigenvalue weighted by molar-refractivity contribution is 0.278. The molecule has 0 aliphatic heterocycles. The second-order valence-corrected chi connectivity index (χ2v) is 5.66. The van der Waals surface area contributed by atoms with Crippen molar-refractivity contribution in [1.29, 1.82) is 0 Å². The molecule has 2 aromatic carbocycles. The Balaban J connectivity index is 1.98. The van der Waals surface area contributed by atoms with Gasteiger partial charge in [-0.2, -0.15) is 0 Å². The molecule has 104 valence electrons. The molecule has 0 unspecified atom stereocenters. The number of aliphatic hydroxyl groups is 1. The van der Waals surface area contributed by atoms with Crippen molar-refractivity contribution in [3.63, 3.8) is 0 Å². The summed E-state index contributed by atoms with van der Waals surface area (Å²) in [6.07, 6.45) is 0. The van der Waals surface area contributed by atoms with E-state index in [1.54, 1.807) is 11.8 Å². The summed E-state index contributed by atoms with van der Waals surface area (Å²) in [4.78, 5) is 5.83. The molecule has 3 aromatic rings. The predicted octanol–water partition coefficient (Wildman–Crippen LogP) is 4.39. The van der Waals surface area contributed by atoms with Gasteiger partial charge >= 0.3 is 0 Å². The molecule has 0 fully saturated rings. The molecular weight excluding hydrogens is 278 g/mol. The van der Waals surface area contributed by atoms with Gasteiger partial charge in [-0.25, -0.2) is 4.98 Å². The lowest BCUT2D eigenvalue weighted by atomic mass is 10.1. The highest BCUT2D eigenvalue weighted by atomic mass is 32.2. The van der Waals surface area contributed by atoms with E-state index in [-0.39, 0.29) is 6.61 Å². The normalized spacial score (nSPS) is 10.5. The van der Waals surface area contributed by atoms with Gasteiger partial charge in [-0.15, -0.1) is 0 Å². The van der Waals surface area contributed by atoms with E-state index in [1.807, 2.05) is 72.8 Å². The number of hydrogen-bond donors (Lipinski definition) is 1. The minimum Gasteiger partial charge on any atom is -0.392 e. The molecule has 0 atom stereocenters. The van der Waals surface area contributed by atoms with Gasteiger partial charge in [0.1, 0.15) is 5.03 Å². The summed E-state index contributed by atoms with van der Waals surface area (Å²) in [5, 5.41) is 10.4. The van der Waals surface area contributed by atoms with E-state index in [4.69, 9.17) is 4.98 Å². The van der Waals surface area contributed by atoms with E-state index in [0.29, 0.717) is 0 Å². The van der Waals surface area contributed by atoms with Crippen LogP contribution in [0.4, 0.5) is 0 Å². The predicted molar refractivity (Wildman–Crippen MR) is 86.2 cm³/mol. The Bertz CT molecular complexity index is 714. The average Bonchev–Trinajstić information content (AvgIpc) is 2.56. The number of nitrogens with zero attached hydrogens (tertiary/aromatic N) is 1. The first-order valence-electron chi connectivity index (χ1n) is 6.76. The van der Waals surface area contributed by atoms with Crippen LogP contribution < -0.4 is 0 Å². The van der Waals surface area contributed by atoms with Crippen molar-refractivity contribution in [1.82, 2.24) is 4.98 Å². The number of pyridine rings is 1. The van der Waals surface area contributed by atoms with E-state index >= 15 is 0 Å². The zero-order valence-corrected chi connectivity index (χ0v) is 12.3. The van der Waals surface area contributed by atoms with Gasteiger partial charge in [0.05, 0.1) is 12.3 Å². The van der Waals surface area contributed by atoms with Gasteiger partial charge in [-0.3, -0.25) is 0 Å². The number of hydrogen-bond acceptors (Lipinski definition) is 3. The first kappa shape index (κ1) is 13.9. The van der Waals surface area contributed by atoms with Crippen LogP contribution in [0.2, 0.25) is 0 Å². The van der Waals surface area contributed by atoms with Gasteiger partial charge in [0.15, 0.2) is 0 Å². The highest BCUT2D eigenvalue weighted by molar-refractivity contribution is 7.99. The summed E-state index contributed by atoms with van der Waals surface area (Å²) < 4.78 is 0. The number of aromatic nitrogens is 1. The Morgan fingerprint density at radius 1 is 0.810 bits per heavy atom. The summed E-state index contributed by atoms with van der Waals surface area (Å²) in [5.41, 5.74) is 2.85. The van der Waals surface area contributed by atoms with Crippen molar-refractivity contribution >= 4 is 11.8 Å². The molecule has 0 radical (unpaired) electrons. The first-order valence-corrected chi connectivity index (χ1v) is 7.57. The first-order chi connectivity index (χ1) is 10.4. The van der Waals surface area contributed by atoms with Gasteiger partial charge in [-0.1, -0.05) is 66.4 Å². The van der Waals surface area contributed by atoms with Crippen molar-refractivity contribution < 1.29 is 5.11 Å². The maximum atomic E-state index is 9.50. The summed E-state index contributed by atoms with van der Waals surface area (Å²) in [5.74, 6) is 0. The van der Waals surface area contributed by atoms with Crippen LogP contribution >= 0.6 is 11.8 Å². The highest BCUT2D eigenvalue weighted by Crippen LogP contribution is 2.31. The van der Waals surface area contributed by atoms with Gasteiger partial charge in [0.2, 0.25) is 0 Å². The molecule has 1 heterocycles. The second-order valence-electron chi connectivity index (χ2n) is 4.60. The molecule has 0 amide bonds. The molecule has 1 N–H and O–H groups in total. The van der Waals surface area contributed by atoms with E-state index in [1.165, 1.54) is 0 Å². The third kappa shape index (κ3) is 3.32. The van der Waals surface area contributed by atoms with E-state index in [9.17, 15) is 5.11 Å². The fourth-order valence-electron chi connectivity index (χ4n) is 2.05. The molecule has 3 rings (SSSR count). The fourth-order valence-corrected chi connectivity index (χ4v) is 2.97. The molecule has 21 heavy (non-hydrogen) atoms. The Morgan fingerprint density at radius 3 is 2.14 bits per heavy atom. The number of benzene rings is 2. The molecule has 1 aromatic heterocycles. The lowest BCUT2D eigenvalue weighted by Gasteiger charge is -2.09. The molecule has 2 nitrogen and oxygen atoms in total. The molecule has 0 aliphatic carbocycles. The van der Waals surface area contributed by atoms with Crippen LogP contribution in [0.15, 0.2) is 82.7 Å². The van der Waals surface area contributed by atoms with Gasteiger partial charge in [-0.05, 0) is 18.2 Å². The summed E-state index contributed by atoms with van der Waals surface area (Å²) in [7, 11) is 0. The zero-order valence-electron chi connectivity index (χ0n) is 11.4. The number of aliphatic hydroxyl groups excluding tert-OH is 1. The summed E-state index contributed by atoms with van der Waals surface area (Å²) >= 11 is 1.58. The van der Waals surface area contributed by atoms with E-state index in [2.05, 4.69) is 0 Å². The largest absolute Gasteiger partial charge is 0.392 e. The van der Waals surface area contributed by atoms with Crippen LogP contribution in [0.1, 0.15) is 5.56 Å². The fraction of sp³-hybridized carbons (Fsp3) is 0.0556. The van der Waals surface area contributed by atoms with Gasteiger partial charge < -0.3 is 5.11 Å². The SMILES string of the molecule is OCc1ccc(-c2ccccc2)nc1Sc1ccccc1. The maximum Gasteiger partial charge on any atom is 0.107 e. The monoisotopic (exact) mass is 293 g/mol. The Hall–Kier alpha value is -2.10. The Morgan fingerprint density at radius 2 is 1.48 bits per heavy atom. The average molecular weight is 293 g/mol. The smallest absolute Gasteiger partial charge is 0.107 e. The molecular formula is C18H15NOS. The minimum atomic E-state index is -0.00274. The van der Waals surface area contributed by atoms with Gasteiger partial charge in [0, 0.05) is 16.0 Å².